The van der Waals surface area contributed by atoms with E-state index in [-0.39, 0.29) is 0 Å². The monoisotopic (exact) mass is 189 g/mol. The zero-order chi connectivity index (χ0) is 9.12. The lowest BCUT2D eigenvalue weighted by molar-refractivity contribution is 0.509. The summed E-state index contributed by atoms with van der Waals surface area (Å²) in [5, 5.41) is 11.5. The number of hydrogen-bond acceptors (Lipinski definition) is 2. The van der Waals surface area contributed by atoms with E-state index in [0.29, 0.717) is 6.04 Å². The van der Waals surface area contributed by atoms with Gasteiger partial charge < -0.3 is 5.32 Å². The lowest BCUT2D eigenvalue weighted by atomic mass is 9.98. The van der Waals surface area contributed by atoms with Crippen molar-refractivity contribution in [3.05, 3.63) is 17.0 Å². The molecule has 2 bridgehead atoms. The molecule has 3 heterocycles. The largest absolute Gasteiger partial charge is 0.307 e. The molecule has 2 N–H and O–H groups in total. The van der Waals surface area contributed by atoms with E-state index in [9.17, 15) is 0 Å². The molecule has 2 aliphatic heterocycles. The molecule has 4 rings (SSSR count). The van der Waals surface area contributed by atoms with Crippen LogP contribution in [0.4, 0.5) is 0 Å². The Bertz CT molecular complexity index is 378. The van der Waals surface area contributed by atoms with Crippen LogP contribution >= 0.6 is 0 Å². The van der Waals surface area contributed by atoms with E-state index in [1.165, 1.54) is 43.5 Å². The average Bonchev–Trinajstić information content (AvgIpc) is 2.85. The predicted molar refractivity (Wildman–Crippen MR) is 53.2 cm³/mol. The normalized spacial score (nSPS) is 34.6. The van der Waals surface area contributed by atoms with Crippen molar-refractivity contribution >= 4 is 0 Å². The molecule has 1 aromatic heterocycles. The first-order valence-electron chi connectivity index (χ1n) is 5.75. The van der Waals surface area contributed by atoms with Crippen LogP contribution in [0.1, 0.15) is 54.6 Å². The SMILES string of the molecule is C1CC1c1n[nH]c2c1[C@H]1CC[C@@H](C2)N1. The number of nitrogens with one attached hydrogen (secondary N) is 2. The van der Waals surface area contributed by atoms with Crippen molar-refractivity contribution in [2.45, 2.75) is 50.1 Å². The maximum Gasteiger partial charge on any atom is 0.0703 e. The predicted octanol–water partition coefficient (Wildman–Crippen LogP) is 1.64. The van der Waals surface area contributed by atoms with Gasteiger partial charge in [-0.1, -0.05) is 0 Å². The molecule has 74 valence electrons. The Morgan fingerprint density at radius 1 is 1.14 bits per heavy atom. The summed E-state index contributed by atoms with van der Waals surface area (Å²) in [6.07, 6.45) is 6.54. The number of hydrogen-bond donors (Lipinski definition) is 2. The quantitative estimate of drug-likeness (QED) is 0.705. The standard InChI is InChI=1S/C11H15N3/c1-2-6(1)11-10-8-4-3-7(12-8)5-9(10)13-14-11/h6-8,12H,1-5H2,(H,13,14)/t7-,8+/m0/s1. The van der Waals surface area contributed by atoms with Gasteiger partial charge in [0.25, 0.3) is 0 Å². The van der Waals surface area contributed by atoms with Crippen molar-refractivity contribution in [3.63, 3.8) is 0 Å². The molecule has 2 atom stereocenters. The highest BCUT2D eigenvalue weighted by Gasteiger charge is 2.39. The summed E-state index contributed by atoms with van der Waals surface area (Å²) in [5.74, 6) is 0.786. The van der Waals surface area contributed by atoms with Crippen LogP contribution in [0.15, 0.2) is 0 Å². The van der Waals surface area contributed by atoms with Crippen LogP contribution in [0.5, 0.6) is 0 Å². The molecule has 3 heteroatoms. The number of nitrogens with zero attached hydrogens (tertiary/aromatic N) is 1. The van der Waals surface area contributed by atoms with Gasteiger partial charge in [-0.15, -0.1) is 0 Å². The van der Waals surface area contributed by atoms with Crippen LogP contribution in [0.25, 0.3) is 0 Å². The first-order valence-corrected chi connectivity index (χ1v) is 5.75. The van der Waals surface area contributed by atoms with Gasteiger partial charge in [0.2, 0.25) is 0 Å². The highest BCUT2D eigenvalue weighted by atomic mass is 15.2. The molecule has 14 heavy (non-hydrogen) atoms. The highest BCUT2D eigenvalue weighted by Crippen LogP contribution is 2.46. The fourth-order valence-electron chi connectivity index (χ4n) is 3.07. The Morgan fingerprint density at radius 3 is 2.93 bits per heavy atom. The third kappa shape index (κ3) is 0.883. The Morgan fingerprint density at radius 2 is 2.07 bits per heavy atom. The second-order valence-electron chi connectivity index (χ2n) is 4.97. The highest BCUT2D eigenvalue weighted by molar-refractivity contribution is 5.37. The second kappa shape index (κ2) is 2.40. The van der Waals surface area contributed by atoms with E-state index < -0.39 is 0 Å². The summed E-state index contributed by atoms with van der Waals surface area (Å²) < 4.78 is 0. The van der Waals surface area contributed by atoms with Gasteiger partial charge in [-0.25, -0.2) is 0 Å². The third-order valence-electron chi connectivity index (χ3n) is 3.92. The van der Waals surface area contributed by atoms with Crippen molar-refractivity contribution in [1.82, 2.24) is 15.5 Å². The van der Waals surface area contributed by atoms with Crippen molar-refractivity contribution in [1.29, 1.82) is 0 Å². The number of H-pyrrole nitrogens is 1. The first kappa shape index (κ1) is 7.46. The molecule has 1 aromatic rings. The molecule has 3 nitrogen and oxygen atoms in total. The average molecular weight is 189 g/mol. The van der Waals surface area contributed by atoms with Gasteiger partial charge >= 0.3 is 0 Å². The van der Waals surface area contributed by atoms with E-state index in [1.54, 1.807) is 5.56 Å². The van der Waals surface area contributed by atoms with Crippen LogP contribution < -0.4 is 5.32 Å². The van der Waals surface area contributed by atoms with Gasteiger partial charge in [-0.3, -0.25) is 5.10 Å². The molecule has 0 amide bonds. The van der Waals surface area contributed by atoms with Gasteiger partial charge in [0.1, 0.15) is 0 Å². The molecule has 1 saturated heterocycles. The molecule has 0 unspecified atom stereocenters. The van der Waals surface area contributed by atoms with E-state index in [2.05, 4.69) is 15.5 Å². The minimum Gasteiger partial charge on any atom is -0.307 e. The van der Waals surface area contributed by atoms with Gasteiger partial charge in [0.15, 0.2) is 0 Å². The summed E-state index contributed by atoms with van der Waals surface area (Å²) in [7, 11) is 0. The van der Waals surface area contributed by atoms with Gasteiger partial charge in [-0.2, -0.15) is 5.10 Å². The van der Waals surface area contributed by atoms with Crippen molar-refractivity contribution in [3.8, 4) is 0 Å². The van der Waals surface area contributed by atoms with Crippen LogP contribution in [-0.2, 0) is 6.42 Å². The Hall–Kier alpha value is -0.830. The fourth-order valence-corrected chi connectivity index (χ4v) is 3.07. The topological polar surface area (TPSA) is 40.7 Å². The summed E-state index contributed by atoms with van der Waals surface area (Å²) in [6.45, 7) is 0. The van der Waals surface area contributed by atoms with Crippen LogP contribution in [-0.4, -0.2) is 16.2 Å². The zero-order valence-electron chi connectivity index (χ0n) is 8.21. The molecule has 2 fully saturated rings. The smallest absolute Gasteiger partial charge is 0.0703 e. The van der Waals surface area contributed by atoms with Crippen molar-refractivity contribution in [2.24, 2.45) is 0 Å². The summed E-state index contributed by atoms with van der Waals surface area (Å²) in [5.41, 5.74) is 4.36. The molecule has 1 saturated carbocycles. The maximum atomic E-state index is 4.51. The van der Waals surface area contributed by atoms with Crippen LogP contribution in [0, 0.1) is 0 Å². The molecule has 0 spiro atoms. The second-order valence-corrected chi connectivity index (χ2v) is 4.97. The van der Waals surface area contributed by atoms with Gasteiger partial charge in [0, 0.05) is 35.7 Å². The molecule has 0 radical (unpaired) electrons. The first-order chi connectivity index (χ1) is 6.92. The number of aromatic amines is 1. The minimum absolute atomic E-state index is 0.623. The number of rotatable bonds is 1. The van der Waals surface area contributed by atoms with E-state index in [0.717, 1.165) is 12.0 Å². The summed E-state index contributed by atoms with van der Waals surface area (Å²) in [4.78, 5) is 0. The zero-order valence-corrected chi connectivity index (χ0v) is 8.21. The summed E-state index contributed by atoms with van der Waals surface area (Å²) in [6, 6.07) is 1.35. The fraction of sp³-hybridized carbons (Fsp3) is 0.727. The number of fused-ring (bicyclic) bond motifs is 4. The Balaban J connectivity index is 1.85. The third-order valence-corrected chi connectivity index (χ3v) is 3.92. The van der Waals surface area contributed by atoms with E-state index in [4.69, 9.17) is 0 Å². The van der Waals surface area contributed by atoms with Gasteiger partial charge in [0.05, 0.1) is 5.69 Å². The Kier molecular flexibility index (Phi) is 1.28. The van der Waals surface area contributed by atoms with E-state index in [1.807, 2.05) is 0 Å². The van der Waals surface area contributed by atoms with Crippen LogP contribution in [0.3, 0.4) is 0 Å². The number of aromatic nitrogens is 2. The molecule has 1 aliphatic carbocycles. The molecular formula is C11H15N3. The van der Waals surface area contributed by atoms with Gasteiger partial charge in [-0.05, 0) is 25.7 Å². The van der Waals surface area contributed by atoms with Crippen LogP contribution in [0.2, 0.25) is 0 Å². The van der Waals surface area contributed by atoms with Crippen molar-refractivity contribution < 1.29 is 0 Å². The lowest BCUT2D eigenvalue weighted by Gasteiger charge is -2.21. The summed E-state index contributed by atoms with van der Waals surface area (Å²) >= 11 is 0. The molecule has 0 aromatic carbocycles. The lowest BCUT2D eigenvalue weighted by Crippen LogP contribution is -2.31. The molecular weight excluding hydrogens is 174 g/mol. The molecule has 3 aliphatic rings. The van der Waals surface area contributed by atoms with E-state index >= 15 is 0 Å². The minimum atomic E-state index is 0.623. The maximum absolute atomic E-state index is 4.51. The Labute approximate surface area is 83.3 Å². The van der Waals surface area contributed by atoms with Crippen molar-refractivity contribution in [2.75, 3.05) is 0 Å².